The zero-order chi connectivity index (χ0) is 10.8. The van der Waals surface area contributed by atoms with Crippen molar-refractivity contribution in [2.45, 2.75) is 0 Å². The SMILES string of the molecule is O=Cc1sccc1-c1ccc(Cl)cc1Cl. The molecule has 0 unspecified atom stereocenters. The van der Waals surface area contributed by atoms with Crippen molar-refractivity contribution in [3.05, 3.63) is 44.6 Å². The summed E-state index contributed by atoms with van der Waals surface area (Å²) in [7, 11) is 0. The largest absolute Gasteiger partial charge is 0.297 e. The fraction of sp³-hybridized carbons (Fsp3) is 0. The molecule has 1 nitrogen and oxygen atoms in total. The van der Waals surface area contributed by atoms with Crippen LogP contribution in [0.3, 0.4) is 0 Å². The third kappa shape index (κ3) is 2.07. The first-order valence-corrected chi connectivity index (χ1v) is 5.84. The lowest BCUT2D eigenvalue weighted by molar-refractivity contribution is 0.112. The maximum Gasteiger partial charge on any atom is 0.160 e. The molecule has 0 fully saturated rings. The van der Waals surface area contributed by atoms with Gasteiger partial charge in [0.05, 0.1) is 4.88 Å². The Bertz CT molecular complexity index is 505. The Morgan fingerprint density at radius 3 is 2.60 bits per heavy atom. The summed E-state index contributed by atoms with van der Waals surface area (Å²) in [6.07, 6.45) is 0.838. The Balaban J connectivity index is 2.59. The zero-order valence-corrected chi connectivity index (χ0v) is 9.86. The van der Waals surface area contributed by atoms with Crippen LogP contribution in [0.4, 0.5) is 0 Å². The molecule has 1 aromatic carbocycles. The second-order valence-corrected chi connectivity index (χ2v) is 4.73. The molecule has 1 aromatic heterocycles. The molecule has 0 saturated carbocycles. The van der Waals surface area contributed by atoms with Gasteiger partial charge in [0.15, 0.2) is 6.29 Å². The predicted octanol–water partition coefficient (Wildman–Crippen LogP) is 4.53. The van der Waals surface area contributed by atoms with Crippen molar-refractivity contribution in [2.24, 2.45) is 0 Å². The highest BCUT2D eigenvalue weighted by molar-refractivity contribution is 7.12. The number of carbonyl (C=O) groups is 1. The summed E-state index contributed by atoms with van der Waals surface area (Å²) in [6, 6.07) is 7.13. The molecule has 15 heavy (non-hydrogen) atoms. The number of hydrogen-bond acceptors (Lipinski definition) is 2. The number of rotatable bonds is 2. The average Bonchev–Trinajstić information content (AvgIpc) is 2.65. The van der Waals surface area contributed by atoms with Crippen molar-refractivity contribution in [1.29, 1.82) is 0 Å². The van der Waals surface area contributed by atoms with Gasteiger partial charge in [0.2, 0.25) is 0 Å². The Morgan fingerprint density at radius 2 is 1.93 bits per heavy atom. The Kier molecular flexibility index (Phi) is 3.10. The summed E-state index contributed by atoms with van der Waals surface area (Å²) in [5.41, 5.74) is 1.70. The first-order valence-electron chi connectivity index (χ1n) is 4.20. The van der Waals surface area contributed by atoms with Gasteiger partial charge in [-0.05, 0) is 23.6 Å². The van der Waals surface area contributed by atoms with Crippen LogP contribution in [0.15, 0.2) is 29.6 Å². The first kappa shape index (κ1) is 10.7. The topological polar surface area (TPSA) is 17.1 Å². The minimum atomic E-state index is 0.559. The van der Waals surface area contributed by atoms with Crippen molar-refractivity contribution in [3.63, 3.8) is 0 Å². The third-order valence-electron chi connectivity index (χ3n) is 2.02. The van der Waals surface area contributed by atoms with Crippen LogP contribution in [-0.4, -0.2) is 6.29 Å². The minimum Gasteiger partial charge on any atom is -0.297 e. The number of benzene rings is 1. The molecule has 0 spiro atoms. The zero-order valence-electron chi connectivity index (χ0n) is 7.54. The van der Waals surface area contributed by atoms with Crippen molar-refractivity contribution in [1.82, 2.24) is 0 Å². The van der Waals surface area contributed by atoms with E-state index in [1.807, 2.05) is 17.5 Å². The van der Waals surface area contributed by atoms with Crippen molar-refractivity contribution >= 4 is 40.8 Å². The van der Waals surface area contributed by atoms with Gasteiger partial charge in [-0.15, -0.1) is 11.3 Å². The Morgan fingerprint density at radius 1 is 1.13 bits per heavy atom. The lowest BCUT2D eigenvalue weighted by Crippen LogP contribution is -1.81. The number of hydrogen-bond donors (Lipinski definition) is 0. The molecule has 0 bridgehead atoms. The van der Waals surface area contributed by atoms with Crippen LogP contribution < -0.4 is 0 Å². The van der Waals surface area contributed by atoms with E-state index < -0.39 is 0 Å². The monoisotopic (exact) mass is 256 g/mol. The number of carbonyl (C=O) groups excluding carboxylic acids is 1. The molecular formula is C11H6Cl2OS. The first-order chi connectivity index (χ1) is 7.22. The van der Waals surface area contributed by atoms with Crippen molar-refractivity contribution in [3.8, 4) is 11.1 Å². The molecule has 4 heteroatoms. The van der Waals surface area contributed by atoms with Gasteiger partial charge in [0, 0.05) is 21.2 Å². The van der Waals surface area contributed by atoms with Crippen LogP contribution >= 0.6 is 34.5 Å². The third-order valence-corrected chi connectivity index (χ3v) is 3.41. The number of thiophene rings is 1. The molecule has 0 amide bonds. The van der Waals surface area contributed by atoms with Gasteiger partial charge in [-0.1, -0.05) is 29.3 Å². The van der Waals surface area contributed by atoms with Crippen molar-refractivity contribution in [2.75, 3.05) is 0 Å². The average molecular weight is 257 g/mol. The van der Waals surface area contributed by atoms with Gasteiger partial charge >= 0.3 is 0 Å². The van der Waals surface area contributed by atoms with Crippen LogP contribution in [-0.2, 0) is 0 Å². The van der Waals surface area contributed by atoms with Crippen LogP contribution in [0.2, 0.25) is 10.0 Å². The fourth-order valence-corrected chi connectivity index (χ4v) is 2.56. The second kappa shape index (κ2) is 4.35. The van der Waals surface area contributed by atoms with Gasteiger partial charge in [0.25, 0.3) is 0 Å². The van der Waals surface area contributed by atoms with Gasteiger partial charge < -0.3 is 0 Å². The molecule has 0 atom stereocenters. The molecule has 1 heterocycles. The maximum absolute atomic E-state index is 10.8. The summed E-state index contributed by atoms with van der Waals surface area (Å²) in [5, 5.41) is 3.01. The van der Waals surface area contributed by atoms with Crippen LogP contribution in [0.25, 0.3) is 11.1 Å². The van der Waals surface area contributed by atoms with Gasteiger partial charge in [0.1, 0.15) is 0 Å². The van der Waals surface area contributed by atoms with E-state index >= 15 is 0 Å². The molecule has 0 radical (unpaired) electrons. The van der Waals surface area contributed by atoms with E-state index in [0.717, 1.165) is 17.4 Å². The van der Waals surface area contributed by atoms with Gasteiger partial charge in [-0.2, -0.15) is 0 Å². The summed E-state index contributed by atoms with van der Waals surface area (Å²) in [5.74, 6) is 0. The van der Waals surface area contributed by atoms with Crippen LogP contribution in [0.1, 0.15) is 9.67 Å². The van der Waals surface area contributed by atoms with E-state index in [1.54, 1.807) is 12.1 Å². The van der Waals surface area contributed by atoms with E-state index in [9.17, 15) is 4.79 Å². The summed E-state index contributed by atoms with van der Waals surface area (Å²) < 4.78 is 0. The quantitative estimate of drug-likeness (QED) is 0.722. The maximum atomic E-state index is 10.8. The summed E-state index contributed by atoms with van der Waals surface area (Å²) >= 11 is 13.3. The molecule has 0 N–H and O–H groups in total. The van der Waals surface area contributed by atoms with Crippen molar-refractivity contribution < 1.29 is 4.79 Å². The molecule has 0 aliphatic carbocycles. The molecule has 0 aliphatic heterocycles. The van der Waals surface area contributed by atoms with E-state index in [1.165, 1.54) is 11.3 Å². The molecule has 2 rings (SSSR count). The van der Waals surface area contributed by atoms with E-state index in [0.29, 0.717) is 14.9 Å². The molecule has 0 aliphatic rings. The lowest BCUT2D eigenvalue weighted by Gasteiger charge is -2.03. The van der Waals surface area contributed by atoms with Crippen LogP contribution in [0, 0.1) is 0 Å². The predicted molar refractivity (Wildman–Crippen MR) is 65.2 cm³/mol. The highest BCUT2D eigenvalue weighted by atomic mass is 35.5. The molecule has 0 saturated heterocycles. The summed E-state index contributed by atoms with van der Waals surface area (Å²) in [6.45, 7) is 0. The standard InChI is InChI=1S/C11H6Cl2OS/c12-7-1-2-8(10(13)5-7)9-3-4-15-11(9)6-14/h1-6H. The fourth-order valence-electron chi connectivity index (χ4n) is 1.34. The van der Waals surface area contributed by atoms with E-state index in [4.69, 9.17) is 23.2 Å². The summed E-state index contributed by atoms with van der Waals surface area (Å²) in [4.78, 5) is 11.5. The lowest BCUT2D eigenvalue weighted by atomic mass is 10.1. The molecule has 2 aromatic rings. The van der Waals surface area contributed by atoms with Gasteiger partial charge in [-0.25, -0.2) is 0 Å². The molecule has 76 valence electrons. The number of halogens is 2. The second-order valence-electron chi connectivity index (χ2n) is 2.94. The van der Waals surface area contributed by atoms with Gasteiger partial charge in [-0.3, -0.25) is 4.79 Å². The molecular weight excluding hydrogens is 251 g/mol. The highest BCUT2D eigenvalue weighted by Gasteiger charge is 2.09. The normalized spacial score (nSPS) is 10.3. The van der Waals surface area contributed by atoms with E-state index in [-0.39, 0.29) is 0 Å². The minimum absolute atomic E-state index is 0.559. The number of aldehydes is 1. The Hall–Kier alpha value is -0.830. The highest BCUT2D eigenvalue weighted by Crippen LogP contribution is 2.34. The van der Waals surface area contributed by atoms with Crippen LogP contribution in [0.5, 0.6) is 0 Å². The van der Waals surface area contributed by atoms with E-state index in [2.05, 4.69) is 0 Å². The Labute approximate surface area is 101 Å². The smallest absolute Gasteiger partial charge is 0.160 e.